The molecule has 2 aromatic carbocycles. The molecule has 0 spiro atoms. The van der Waals surface area contributed by atoms with Crippen LogP contribution in [-0.2, 0) is 16.0 Å². The van der Waals surface area contributed by atoms with E-state index in [1.807, 2.05) is 0 Å². The van der Waals surface area contributed by atoms with Gasteiger partial charge in [0.15, 0.2) is 12.4 Å². The lowest BCUT2D eigenvalue weighted by molar-refractivity contribution is -0.141. The maximum absolute atomic E-state index is 12.2. The first kappa shape index (κ1) is 19.2. The minimum Gasteiger partial charge on any atom is -0.496 e. The van der Waals surface area contributed by atoms with Crippen LogP contribution in [0.15, 0.2) is 42.5 Å². The molecule has 0 aliphatic rings. The molecule has 0 saturated carbocycles. The second kappa shape index (κ2) is 8.80. The van der Waals surface area contributed by atoms with Crippen LogP contribution in [0.25, 0.3) is 0 Å². The van der Waals surface area contributed by atoms with Gasteiger partial charge in [-0.3, -0.25) is 14.4 Å². The predicted molar refractivity (Wildman–Crippen MR) is 95.0 cm³/mol. The number of hydrogen-bond donors (Lipinski definition) is 0. The Morgan fingerprint density at radius 2 is 1.62 bits per heavy atom. The Kier molecular flexibility index (Phi) is 6.49. The maximum atomic E-state index is 12.2. The first-order valence-corrected chi connectivity index (χ1v) is 7.96. The summed E-state index contributed by atoms with van der Waals surface area (Å²) in [5.74, 6) is -0.173. The molecule has 0 amide bonds. The average Bonchev–Trinajstić information content (AvgIpc) is 2.65. The number of Topliss-reactive ketones (excluding diaryl/α,β-unsaturated/α-hetero) is 2. The Balaban J connectivity index is 2.04. The molecule has 26 heavy (non-hydrogen) atoms. The molecule has 0 unspecified atom stereocenters. The summed E-state index contributed by atoms with van der Waals surface area (Å²) < 4.78 is 15.4. The van der Waals surface area contributed by atoms with Crippen molar-refractivity contribution in [2.24, 2.45) is 0 Å². The Morgan fingerprint density at radius 1 is 0.923 bits per heavy atom. The highest BCUT2D eigenvalue weighted by Crippen LogP contribution is 2.22. The third-order valence-corrected chi connectivity index (χ3v) is 3.79. The van der Waals surface area contributed by atoms with Gasteiger partial charge in [-0.05, 0) is 37.3 Å². The molecule has 0 fully saturated rings. The Morgan fingerprint density at radius 3 is 2.27 bits per heavy atom. The highest BCUT2D eigenvalue weighted by molar-refractivity contribution is 6.00. The minimum absolute atomic E-state index is 0.108. The van der Waals surface area contributed by atoms with Gasteiger partial charge in [0.1, 0.15) is 11.5 Å². The van der Waals surface area contributed by atoms with E-state index in [0.717, 1.165) is 0 Å². The summed E-state index contributed by atoms with van der Waals surface area (Å²) in [5.41, 5.74) is 1.34. The third kappa shape index (κ3) is 4.69. The summed E-state index contributed by atoms with van der Waals surface area (Å²) in [4.78, 5) is 35.8. The molecule has 0 saturated heterocycles. The quantitative estimate of drug-likeness (QED) is 0.534. The van der Waals surface area contributed by atoms with Crippen molar-refractivity contribution in [3.05, 3.63) is 59.2 Å². The molecule has 6 nitrogen and oxygen atoms in total. The van der Waals surface area contributed by atoms with Crippen molar-refractivity contribution < 1.29 is 28.6 Å². The molecule has 0 aliphatic heterocycles. The second-order valence-electron chi connectivity index (χ2n) is 5.54. The standard InChI is InChI=1S/C20H20O6/c1-13(21)14-8-9-18(24-2)15(10-14)11-20(23)26-12-17(22)16-6-4-5-7-19(16)25-3/h4-10H,11-12H2,1-3H3. The largest absolute Gasteiger partial charge is 0.496 e. The summed E-state index contributed by atoms with van der Waals surface area (Å²) in [5, 5.41) is 0. The molecule has 0 heterocycles. The Bertz CT molecular complexity index is 825. The van der Waals surface area contributed by atoms with E-state index in [2.05, 4.69) is 0 Å². The Hall–Kier alpha value is -3.15. The molecule has 6 heteroatoms. The van der Waals surface area contributed by atoms with Crippen molar-refractivity contribution >= 4 is 17.5 Å². The molecule has 0 bridgehead atoms. The van der Waals surface area contributed by atoms with Crippen LogP contribution in [0.4, 0.5) is 0 Å². The van der Waals surface area contributed by atoms with Crippen molar-refractivity contribution in [3.8, 4) is 11.5 Å². The van der Waals surface area contributed by atoms with E-state index in [0.29, 0.717) is 28.2 Å². The van der Waals surface area contributed by atoms with Gasteiger partial charge in [0.05, 0.1) is 26.2 Å². The molecule has 0 radical (unpaired) electrons. The van der Waals surface area contributed by atoms with Crippen LogP contribution < -0.4 is 9.47 Å². The number of carbonyl (C=O) groups excluding carboxylic acids is 3. The van der Waals surface area contributed by atoms with E-state index in [1.165, 1.54) is 21.1 Å². The van der Waals surface area contributed by atoms with Crippen LogP contribution in [0.2, 0.25) is 0 Å². The molecule has 0 aromatic heterocycles. The number of ketones is 2. The van der Waals surface area contributed by atoms with E-state index in [1.54, 1.807) is 42.5 Å². The SMILES string of the molecule is COc1ccc(C(C)=O)cc1CC(=O)OCC(=O)c1ccccc1OC. The smallest absolute Gasteiger partial charge is 0.310 e. The fourth-order valence-corrected chi connectivity index (χ4v) is 2.44. The van der Waals surface area contributed by atoms with Crippen LogP contribution in [0.1, 0.15) is 33.2 Å². The zero-order chi connectivity index (χ0) is 19.1. The summed E-state index contributed by atoms with van der Waals surface area (Å²) in [6.45, 7) is 1.05. The third-order valence-electron chi connectivity index (χ3n) is 3.79. The number of esters is 1. The van der Waals surface area contributed by atoms with Gasteiger partial charge in [-0.25, -0.2) is 0 Å². The van der Waals surface area contributed by atoms with Crippen LogP contribution >= 0.6 is 0 Å². The van der Waals surface area contributed by atoms with Gasteiger partial charge >= 0.3 is 5.97 Å². The highest BCUT2D eigenvalue weighted by atomic mass is 16.5. The zero-order valence-corrected chi connectivity index (χ0v) is 14.9. The predicted octanol–water partition coefficient (Wildman–Crippen LogP) is 2.88. The number of carbonyl (C=O) groups is 3. The van der Waals surface area contributed by atoms with Crippen molar-refractivity contribution in [1.82, 2.24) is 0 Å². The molecule has 0 atom stereocenters. The molecule has 0 N–H and O–H groups in total. The fourth-order valence-electron chi connectivity index (χ4n) is 2.44. The van der Waals surface area contributed by atoms with E-state index < -0.39 is 12.6 Å². The van der Waals surface area contributed by atoms with Crippen molar-refractivity contribution in [2.75, 3.05) is 20.8 Å². The highest BCUT2D eigenvalue weighted by Gasteiger charge is 2.16. The van der Waals surface area contributed by atoms with Crippen LogP contribution in [0.5, 0.6) is 11.5 Å². The Labute approximate surface area is 151 Å². The summed E-state index contributed by atoms with van der Waals surface area (Å²) in [7, 11) is 2.94. The molecule has 136 valence electrons. The lowest BCUT2D eigenvalue weighted by Crippen LogP contribution is -2.16. The summed E-state index contributed by atoms with van der Waals surface area (Å²) in [6.07, 6.45) is -0.108. The van der Waals surface area contributed by atoms with Crippen LogP contribution in [0.3, 0.4) is 0 Å². The number of rotatable bonds is 8. The van der Waals surface area contributed by atoms with Gasteiger partial charge in [-0.1, -0.05) is 12.1 Å². The van der Waals surface area contributed by atoms with Crippen molar-refractivity contribution in [2.45, 2.75) is 13.3 Å². The normalized spacial score (nSPS) is 10.1. The fraction of sp³-hybridized carbons (Fsp3) is 0.250. The van der Waals surface area contributed by atoms with Crippen LogP contribution in [0, 0.1) is 0 Å². The molecule has 2 rings (SSSR count). The average molecular weight is 356 g/mol. The number of methoxy groups -OCH3 is 2. The van der Waals surface area contributed by atoms with Crippen LogP contribution in [-0.4, -0.2) is 38.4 Å². The zero-order valence-electron chi connectivity index (χ0n) is 14.9. The molecule has 2 aromatic rings. The lowest BCUT2D eigenvalue weighted by Gasteiger charge is -2.10. The summed E-state index contributed by atoms with van der Waals surface area (Å²) in [6, 6.07) is 11.6. The minimum atomic E-state index is -0.591. The topological polar surface area (TPSA) is 78.9 Å². The van der Waals surface area contributed by atoms with E-state index in [-0.39, 0.29) is 18.0 Å². The van der Waals surface area contributed by atoms with E-state index >= 15 is 0 Å². The number of hydrogen-bond acceptors (Lipinski definition) is 6. The van der Waals surface area contributed by atoms with Gasteiger partial charge in [0, 0.05) is 11.1 Å². The first-order chi connectivity index (χ1) is 12.5. The van der Waals surface area contributed by atoms with Gasteiger partial charge in [0.25, 0.3) is 0 Å². The second-order valence-corrected chi connectivity index (χ2v) is 5.54. The van der Waals surface area contributed by atoms with Gasteiger partial charge in [-0.2, -0.15) is 0 Å². The first-order valence-electron chi connectivity index (χ1n) is 7.96. The maximum Gasteiger partial charge on any atom is 0.310 e. The number of para-hydroxylation sites is 1. The van der Waals surface area contributed by atoms with Crippen molar-refractivity contribution in [1.29, 1.82) is 0 Å². The molecular weight excluding hydrogens is 336 g/mol. The monoisotopic (exact) mass is 356 g/mol. The molecular formula is C20H20O6. The van der Waals surface area contributed by atoms with Crippen molar-refractivity contribution in [3.63, 3.8) is 0 Å². The van der Waals surface area contributed by atoms with Gasteiger partial charge < -0.3 is 14.2 Å². The van der Waals surface area contributed by atoms with E-state index in [4.69, 9.17) is 14.2 Å². The molecule has 0 aliphatic carbocycles. The summed E-state index contributed by atoms with van der Waals surface area (Å²) >= 11 is 0. The number of ether oxygens (including phenoxy) is 3. The van der Waals surface area contributed by atoms with Gasteiger partial charge in [0.2, 0.25) is 5.78 Å². The van der Waals surface area contributed by atoms with Gasteiger partial charge in [-0.15, -0.1) is 0 Å². The number of benzene rings is 2. The lowest BCUT2D eigenvalue weighted by atomic mass is 10.0. The van der Waals surface area contributed by atoms with E-state index in [9.17, 15) is 14.4 Å².